The summed E-state index contributed by atoms with van der Waals surface area (Å²) in [6.07, 6.45) is 1.69. The highest BCUT2D eigenvalue weighted by Crippen LogP contribution is 2.13. The molecule has 1 aromatic heterocycles. The Hall–Kier alpha value is -3.12. The number of anilines is 1. The fraction of sp³-hybridized carbons (Fsp3) is 0.100. The topological polar surface area (TPSA) is 33.2 Å². The van der Waals surface area contributed by atoms with E-state index in [1.807, 2.05) is 61.5 Å². The van der Waals surface area contributed by atoms with Gasteiger partial charge in [0.05, 0.1) is 5.52 Å². The van der Waals surface area contributed by atoms with Crippen LogP contribution in [0, 0.1) is 11.8 Å². The van der Waals surface area contributed by atoms with Crippen molar-refractivity contribution in [2.24, 2.45) is 0 Å². The van der Waals surface area contributed by atoms with Crippen molar-refractivity contribution in [2.45, 2.75) is 0 Å². The monoisotopic (exact) mass is 300 g/mol. The van der Waals surface area contributed by atoms with Crippen LogP contribution in [0.4, 0.5) is 5.69 Å². The lowest BCUT2D eigenvalue weighted by molar-refractivity contribution is 0.105. The van der Waals surface area contributed by atoms with Crippen LogP contribution in [0.1, 0.15) is 15.9 Å². The molecule has 0 bridgehead atoms. The molecule has 0 atom stereocenters. The maximum absolute atomic E-state index is 12.2. The van der Waals surface area contributed by atoms with E-state index in [4.69, 9.17) is 0 Å². The maximum Gasteiger partial charge on any atom is 0.236 e. The second-order valence-electron chi connectivity index (χ2n) is 5.44. The molecule has 0 aliphatic rings. The van der Waals surface area contributed by atoms with Crippen molar-refractivity contribution in [2.75, 3.05) is 19.0 Å². The third-order valence-electron chi connectivity index (χ3n) is 3.56. The van der Waals surface area contributed by atoms with Gasteiger partial charge in [0.2, 0.25) is 5.78 Å². The maximum atomic E-state index is 12.2. The van der Waals surface area contributed by atoms with Gasteiger partial charge in [-0.15, -0.1) is 0 Å². The van der Waals surface area contributed by atoms with Gasteiger partial charge in [0, 0.05) is 42.5 Å². The predicted molar refractivity (Wildman–Crippen MR) is 93.7 cm³/mol. The number of nitrogens with zero attached hydrogens (tertiary/aromatic N) is 2. The largest absolute Gasteiger partial charge is 0.378 e. The number of rotatable bonds is 2. The summed E-state index contributed by atoms with van der Waals surface area (Å²) >= 11 is 0. The molecule has 0 amide bonds. The number of ketones is 1. The summed E-state index contributed by atoms with van der Waals surface area (Å²) in [5.74, 6) is 5.39. The molecule has 3 nitrogen and oxygen atoms in total. The second kappa shape index (κ2) is 6.33. The molecule has 0 N–H and O–H groups in total. The minimum absolute atomic E-state index is 0.191. The fourth-order valence-corrected chi connectivity index (χ4v) is 2.25. The van der Waals surface area contributed by atoms with Crippen LogP contribution in [-0.2, 0) is 0 Å². The molecular formula is C20H16N2O. The number of aromatic nitrogens is 1. The van der Waals surface area contributed by atoms with E-state index in [9.17, 15) is 4.79 Å². The molecule has 1 heterocycles. The van der Waals surface area contributed by atoms with Crippen LogP contribution in [0.2, 0.25) is 0 Å². The van der Waals surface area contributed by atoms with Gasteiger partial charge in [0.25, 0.3) is 0 Å². The molecule has 3 rings (SSSR count). The summed E-state index contributed by atoms with van der Waals surface area (Å²) in [5, 5.41) is 1.02. The summed E-state index contributed by atoms with van der Waals surface area (Å²) in [4.78, 5) is 18.5. The predicted octanol–water partition coefficient (Wildman–Crippen LogP) is 3.54. The number of Topliss-reactive ketones (excluding diaryl/α,β-unsaturated/α-hetero) is 1. The standard InChI is InChI=1S/C20H16N2O/c1-22(2)18-10-8-16(9-11-18)20(23)12-7-15-13-17-5-3-4-6-19(17)21-14-15/h3-6,8-11,13-14H,1-2H3. The smallest absolute Gasteiger partial charge is 0.236 e. The van der Waals surface area contributed by atoms with Gasteiger partial charge < -0.3 is 4.90 Å². The number of para-hydroxylation sites is 1. The molecule has 112 valence electrons. The molecule has 0 radical (unpaired) electrons. The van der Waals surface area contributed by atoms with Gasteiger partial charge in [-0.2, -0.15) is 0 Å². The Morgan fingerprint density at radius 3 is 2.52 bits per heavy atom. The van der Waals surface area contributed by atoms with Crippen LogP contribution in [0.5, 0.6) is 0 Å². The Labute approximate surface area is 135 Å². The minimum Gasteiger partial charge on any atom is -0.378 e. The lowest BCUT2D eigenvalue weighted by atomic mass is 10.1. The van der Waals surface area contributed by atoms with Crippen LogP contribution in [0.25, 0.3) is 10.9 Å². The van der Waals surface area contributed by atoms with Gasteiger partial charge in [-0.3, -0.25) is 9.78 Å². The molecule has 0 spiro atoms. The fourth-order valence-electron chi connectivity index (χ4n) is 2.25. The first kappa shape index (κ1) is 14.8. The van der Waals surface area contributed by atoms with E-state index in [-0.39, 0.29) is 5.78 Å². The van der Waals surface area contributed by atoms with E-state index in [0.717, 1.165) is 22.2 Å². The van der Waals surface area contributed by atoms with Crippen LogP contribution in [0.15, 0.2) is 60.8 Å². The first-order valence-corrected chi connectivity index (χ1v) is 7.32. The normalized spacial score (nSPS) is 10.0. The molecule has 2 aromatic carbocycles. The van der Waals surface area contributed by atoms with Gasteiger partial charge in [0.1, 0.15) is 0 Å². The number of benzene rings is 2. The van der Waals surface area contributed by atoms with Crippen LogP contribution in [-0.4, -0.2) is 24.9 Å². The van der Waals surface area contributed by atoms with Gasteiger partial charge in [-0.25, -0.2) is 0 Å². The molecule has 3 aromatic rings. The summed E-state index contributed by atoms with van der Waals surface area (Å²) in [5.41, 5.74) is 3.30. The van der Waals surface area contributed by atoms with Crippen molar-refractivity contribution in [3.05, 3.63) is 71.9 Å². The average Bonchev–Trinajstić information content (AvgIpc) is 2.59. The zero-order chi connectivity index (χ0) is 16.2. The van der Waals surface area contributed by atoms with Crippen LogP contribution >= 0.6 is 0 Å². The number of carbonyl (C=O) groups is 1. The molecular weight excluding hydrogens is 284 g/mol. The molecule has 0 saturated heterocycles. The Bertz CT molecular complexity index is 916. The van der Waals surface area contributed by atoms with E-state index in [1.54, 1.807) is 18.3 Å². The zero-order valence-electron chi connectivity index (χ0n) is 13.1. The summed E-state index contributed by atoms with van der Waals surface area (Å²) in [7, 11) is 3.92. The minimum atomic E-state index is -0.191. The third kappa shape index (κ3) is 3.38. The van der Waals surface area contributed by atoms with Gasteiger partial charge in [-0.05, 0) is 42.3 Å². The quantitative estimate of drug-likeness (QED) is 0.536. The lowest BCUT2D eigenvalue weighted by Crippen LogP contribution is -2.08. The Balaban J connectivity index is 1.83. The van der Waals surface area contributed by atoms with E-state index >= 15 is 0 Å². The number of hydrogen-bond acceptors (Lipinski definition) is 3. The SMILES string of the molecule is CN(C)c1ccc(C(=O)C#Cc2cnc3ccccc3c2)cc1. The molecule has 0 unspecified atom stereocenters. The highest BCUT2D eigenvalue weighted by Gasteiger charge is 2.03. The number of carbonyl (C=O) groups excluding carboxylic acids is 1. The van der Waals surface area contributed by atoms with E-state index in [0.29, 0.717) is 5.56 Å². The van der Waals surface area contributed by atoms with Crippen molar-refractivity contribution in [1.29, 1.82) is 0 Å². The number of fused-ring (bicyclic) bond motifs is 1. The summed E-state index contributed by atoms with van der Waals surface area (Å²) in [6, 6.07) is 17.2. The van der Waals surface area contributed by atoms with E-state index in [2.05, 4.69) is 16.8 Å². The molecule has 0 aliphatic heterocycles. The molecule has 3 heteroatoms. The van der Waals surface area contributed by atoms with E-state index < -0.39 is 0 Å². The van der Waals surface area contributed by atoms with Crippen molar-refractivity contribution < 1.29 is 4.79 Å². The molecule has 0 fully saturated rings. The summed E-state index contributed by atoms with van der Waals surface area (Å²) in [6.45, 7) is 0. The first-order valence-electron chi connectivity index (χ1n) is 7.32. The summed E-state index contributed by atoms with van der Waals surface area (Å²) < 4.78 is 0. The number of pyridine rings is 1. The van der Waals surface area contributed by atoms with Crippen molar-refractivity contribution in [1.82, 2.24) is 4.98 Å². The van der Waals surface area contributed by atoms with Crippen LogP contribution < -0.4 is 4.90 Å². The Morgan fingerprint density at radius 2 is 1.78 bits per heavy atom. The molecule has 0 aliphatic carbocycles. The van der Waals surface area contributed by atoms with Gasteiger partial charge in [0.15, 0.2) is 0 Å². The van der Waals surface area contributed by atoms with Crippen molar-refractivity contribution >= 4 is 22.4 Å². The third-order valence-corrected chi connectivity index (χ3v) is 3.56. The van der Waals surface area contributed by atoms with Crippen LogP contribution in [0.3, 0.4) is 0 Å². The van der Waals surface area contributed by atoms with Gasteiger partial charge >= 0.3 is 0 Å². The number of hydrogen-bond donors (Lipinski definition) is 0. The highest BCUT2D eigenvalue weighted by molar-refractivity contribution is 6.09. The van der Waals surface area contributed by atoms with Gasteiger partial charge in [-0.1, -0.05) is 24.1 Å². The molecule has 0 saturated carbocycles. The lowest BCUT2D eigenvalue weighted by Gasteiger charge is -2.11. The highest BCUT2D eigenvalue weighted by atomic mass is 16.1. The first-order chi connectivity index (χ1) is 11.1. The van der Waals surface area contributed by atoms with E-state index in [1.165, 1.54) is 0 Å². The average molecular weight is 300 g/mol. The Kier molecular flexibility index (Phi) is 4.07. The van der Waals surface area contributed by atoms with Crippen molar-refractivity contribution in [3.63, 3.8) is 0 Å². The second-order valence-corrected chi connectivity index (χ2v) is 5.44. The zero-order valence-corrected chi connectivity index (χ0v) is 13.1. The Morgan fingerprint density at radius 1 is 1.04 bits per heavy atom. The molecule has 23 heavy (non-hydrogen) atoms. The van der Waals surface area contributed by atoms with Crippen molar-refractivity contribution in [3.8, 4) is 11.8 Å².